The minimum Gasteiger partial charge on any atom is -0.338 e. The van der Waals surface area contributed by atoms with E-state index in [0.29, 0.717) is 0 Å². The molecule has 21 heavy (non-hydrogen) atoms. The van der Waals surface area contributed by atoms with Crippen molar-refractivity contribution < 1.29 is 4.79 Å². The molecule has 1 atom stereocenters. The van der Waals surface area contributed by atoms with Crippen LogP contribution in [-0.4, -0.2) is 12.6 Å². The molecule has 0 aromatic heterocycles. The second kappa shape index (κ2) is 10.2. The van der Waals surface area contributed by atoms with Crippen molar-refractivity contribution in [1.82, 2.24) is 5.32 Å². The quantitative estimate of drug-likeness (QED) is 0.597. The third-order valence-electron chi connectivity index (χ3n) is 3.51. The Morgan fingerprint density at radius 1 is 1.10 bits per heavy atom. The van der Waals surface area contributed by atoms with Crippen molar-refractivity contribution >= 4 is 11.7 Å². The lowest BCUT2D eigenvalue weighted by Crippen LogP contribution is -2.29. The van der Waals surface area contributed by atoms with Gasteiger partial charge in [0.15, 0.2) is 0 Å². The number of anilines is 1. The summed E-state index contributed by atoms with van der Waals surface area (Å²) in [7, 11) is 0. The zero-order valence-corrected chi connectivity index (χ0v) is 13.3. The highest BCUT2D eigenvalue weighted by Gasteiger charge is 2.02. The van der Waals surface area contributed by atoms with Crippen LogP contribution in [0.4, 0.5) is 10.5 Å². The molecule has 0 aliphatic carbocycles. The summed E-state index contributed by atoms with van der Waals surface area (Å²) >= 11 is 0. The van der Waals surface area contributed by atoms with E-state index in [1.54, 1.807) is 0 Å². The number of unbranched alkanes of at least 4 members (excludes halogenated alkanes) is 5. The Kier molecular flexibility index (Phi) is 8.51. The minimum absolute atomic E-state index is 0.0144. The Morgan fingerprint density at radius 2 is 1.71 bits per heavy atom. The topological polar surface area (TPSA) is 67.2 Å². The van der Waals surface area contributed by atoms with Crippen molar-refractivity contribution in [3.05, 3.63) is 29.8 Å². The number of nitrogens with two attached hydrogens (primary N) is 1. The summed E-state index contributed by atoms with van der Waals surface area (Å²) in [6.07, 6.45) is 7.36. The van der Waals surface area contributed by atoms with Crippen molar-refractivity contribution in [2.75, 3.05) is 11.9 Å². The van der Waals surface area contributed by atoms with E-state index in [9.17, 15) is 4.79 Å². The van der Waals surface area contributed by atoms with Crippen LogP contribution >= 0.6 is 0 Å². The molecule has 4 heteroatoms. The highest BCUT2D eigenvalue weighted by atomic mass is 16.2. The van der Waals surface area contributed by atoms with Crippen LogP contribution in [0.25, 0.3) is 0 Å². The molecule has 0 bridgehead atoms. The van der Waals surface area contributed by atoms with Crippen molar-refractivity contribution in [2.45, 2.75) is 58.4 Å². The first-order valence-corrected chi connectivity index (χ1v) is 8.04. The Balaban J connectivity index is 2.15. The highest BCUT2D eigenvalue weighted by Crippen LogP contribution is 2.14. The van der Waals surface area contributed by atoms with Crippen LogP contribution < -0.4 is 16.4 Å². The summed E-state index contributed by atoms with van der Waals surface area (Å²) in [5.74, 6) is 0. The van der Waals surface area contributed by atoms with Crippen LogP contribution in [0.2, 0.25) is 0 Å². The molecule has 0 saturated carbocycles. The summed E-state index contributed by atoms with van der Waals surface area (Å²) in [6.45, 7) is 4.89. The zero-order chi connectivity index (χ0) is 15.5. The van der Waals surface area contributed by atoms with Crippen LogP contribution in [0.3, 0.4) is 0 Å². The van der Waals surface area contributed by atoms with E-state index < -0.39 is 0 Å². The summed E-state index contributed by atoms with van der Waals surface area (Å²) in [4.78, 5) is 11.7. The van der Waals surface area contributed by atoms with E-state index >= 15 is 0 Å². The van der Waals surface area contributed by atoms with Gasteiger partial charge in [-0.3, -0.25) is 0 Å². The van der Waals surface area contributed by atoms with Gasteiger partial charge in [0.1, 0.15) is 0 Å². The van der Waals surface area contributed by atoms with Gasteiger partial charge in [-0.1, -0.05) is 51.2 Å². The number of rotatable bonds is 9. The molecule has 4 nitrogen and oxygen atoms in total. The molecule has 0 aliphatic heterocycles. The van der Waals surface area contributed by atoms with Crippen LogP contribution in [0, 0.1) is 0 Å². The lowest BCUT2D eigenvalue weighted by molar-refractivity contribution is 0.252. The molecule has 0 spiro atoms. The number of nitrogens with one attached hydrogen (secondary N) is 2. The average Bonchev–Trinajstić information content (AvgIpc) is 2.47. The van der Waals surface area contributed by atoms with Crippen LogP contribution in [-0.2, 0) is 0 Å². The number of carbonyl (C=O) groups excluding carboxylic acids is 1. The third kappa shape index (κ3) is 7.71. The summed E-state index contributed by atoms with van der Waals surface area (Å²) in [6, 6.07) is 7.51. The molecule has 2 amide bonds. The first-order chi connectivity index (χ1) is 10.1. The minimum atomic E-state index is -0.142. The summed E-state index contributed by atoms with van der Waals surface area (Å²) in [5.41, 5.74) is 7.64. The van der Waals surface area contributed by atoms with Crippen LogP contribution in [0.15, 0.2) is 24.3 Å². The van der Waals surface area contributed by atoms with E-state index in [1.807, 2.05) is 31.2 Å². The fourth-order valence-corrected chi connectivity index (χ4v) is 2.15. The normalized spacial score (nSPS) is 12.0. The predicted molar refractivity (Wildman–Crippen MR) is 89.4 cm³/mol. The molecule has 1 aromatic rings. The van der Waals surface area contributed by atoms with Crippen molar-refractivity contribution in [1.29, 1.82) is 0 Å². The van der Waals surface area contributed by atoms with E-state index in [0.717, 1.165) is 24.2 Å². The fourth-order valence-electron chi connectivity index (χ4n) is 2.15. The van der Waals surface area contributed by atoms with Gasteiger partial charge in [0.05, 0.1) is 0 Å². The molecule has 1 unspecified atom stereocenters. The van der Waals surface area contributed by atoms with Crippen LogP contribution in [0.5, 0.6) is 0 Å². The zero-order valence-electron chi connectivity index (χ0n) is 13.3. The molecule has 118 valence electrons. The number of hydrogen-bond donors (Lipinski definition) is 3. The SMILES string of the molecule is CCCCCCCCNC(=O)Nc1ccc(C(C)N)cc1. The Hall–Kier alpha value is -1.55. The number of hydrogen-bond acceptors (Lipinski definition) is 2. The maximum Gasteiger partial charge on any atom is 0.319 e. The maximum atomic E-state index is 11.7. The molecule has 0 heterocycles. The first kappa shape index (κ1) is 17.5. The van der Waals surface area contributed by atoms with Gasteiger partial charge >= 0.3 is 6.03 Å². The van der Waals surface area contributed by atoms with Gasteiger partial charge in [-0.25, -0.2) is 4.79 Å². The van der Waals surface area contributed by atoms with Gasteiger partial charge in [0.2, 0.25) is 0 Å². The molecule has 0 radical (unpaired) electrons. The van der Waals surface area contributed by atoms with Gasteiger partial charge < -0.3 is 16.4 Å². The molecule has 1 rings (SSSR count). The predicted octanol–water partition coefficient (Wildman–Crippen LogP) is 4.19. The fraction of sp³-hybridized carbons (Fsp3) is 0.588. The smallest absolute Gasteiger partial charge is 0.319 e. The highest BCUT2D eigenvalue weighted by molar-refractivity contribution is 5.89. The standard InChI is InChI=1S/C17H29N3O/c1-3-4-5-6-7-8-13-19-17(21)20-16-11-9-15(10-12-16)14(2)18/h9-12,14H,3-8,13,18H2,1-2H3,(H2,19,20,21). The van der Waals surface area contributed by atoms with Gasteiger partial charge in [-0.05, 0) is 31.0 Å². The molecular weight excluding hydrogens is 262 g/mol. The van der Waals surface area contributed by atoms with Crippen LogP contribution in [0.1, 0.15) is 64.0 Å². The van der Waals surface area contributed by atoms with E-state index in [2.05, 4.69) is 17.6 Å². The molecule has 0 fully saturated rings. The number of benzene rings is 1. The number of amides is 2. The van der Waals surface area contributed by atoms with Crippen molar-refractivity contribution in [3.8, 4) is 0 Å². The van der Waals surface area contributed by atoms with E-state index in [1.165, 1.54) is 32.1 Å². The lowest BCUT2D eigenvalue weighted by Gasteiger charge is -2.09. The second-order valence-corrected chi connectivity index (χ2v) is 5.56. The second-order valence-electron chi connectivity index (χ2n) is 5.56. The van der Waals surface area contributed by atoms with Gasteiger partial charge in [-0.15, -0.1) is 0 Å². The Bertz CT molecular complexity index is 401. The Labute approximate surface area is 128 Å². The number of urea groups is 1. The van der Waals surface area contributed by atoms with E-state index in [-0.39, 0.29) is 12.1 Å². The summed E-state index contributed by atoms with van der Waals surface area (Å²) in [5, 5.41) is 5.71. The lowest BCUT2D eigenvalue weighted by atomic mass is 10.1. The number of carbonyl (C=O) groups is 1. The van der Waals surface area contributed by atoms with E-state index in [4.69, 9.17) is 5.73 Å². The first-order valence-electron chi connectivity index (χ1n) is 8.04. The maximum absolute atomic E-state index is 11.7. The third-order valence-corrected chi connectivity index (χ3v) is 3.51. The Morgan fingerprint density at radius 3 is 2.33 bits per heavy atom. The molecule has 0 aliphatic rings. The molecule has 4 N–H and O–H groups in total. The van der Waals surface area contributed by atoms with Crippen molar-refractivity contribution in [2.24, 2.45) is 5.73 Å². The van der Waals surface area contributed by atoms with Gasteiger partial charge in [0.25, 0.3) is 0 Å². The largest absolute Gasteiger partial charge is 0.338 e. The molecular formula is C17H29N3O. The van der Waals surface area contributed by atoms with Gasteiger partial charge in [-0.2, -0.15) is 0 Å². The van der Waals surface area contributed by atoms with Crippen molar-refractivity contribution in [3.63, 3.8) is 0 Å². The molecule has 1 aromatic carbocycles. The summed E-state index contributed by atoms with van der Waals surface area (Å²) < 4.78 is 0. The average molecular weight is 291 g/mol. The monoisotopic (exact) mass is 291 g/mol. The van der Waals surface area contributed by atoms with Gasteiger partial charge in [0, 0.05) is 18.3 Å². The molecule has 0 saturated heterocycles.